The van der Waals surface area contributed by atoms with Crippen molar-refractivity contribution in [3.8, 4) is 28.3 Å². The number of pyridine rings is 1. The van der Waals surface area contributed by atoms with Crippen molar-refractivity contribution in [3.05, 3.63) is 76.1 Å². The maximum absolute atomic E-state index is 12.9. The van der Waals surface area contributed by atoms with Crippen molar-refractivity contribution in [1.29, 1.82) is 5.26 Å². The minimum atomic E-state index is -0.602. The van der Waals surface area contributed by atoms with Crippen molar-refractivity contribution in [1.82, 2.24) is 24.1 Å². The van der Waals surface area contributed by atoms with Crippen LogP contribution in [0.25, 0.3) is 27.9 Å². The lowest BCUT2D eigenvalue weighted by atomic mass is 9.94. The molecular formula is C27H26N6O3. The van der Waals surface area contributed by atoms with Crippen LogP contribution in [0.5, 0.6) is 0 Å². The van der Waals surface area contributed by atoms with Crippen LogP contribution in [0.15, 0.2) is 53.8 Å². The van der Waals surface area contributed by atoms with Gasteiger partial charge in [-0.2, -0.15) is 10.4 Å². The topological polar surface area (TPSA) is 106 Å². The Balaban J connectivity index is 1.55. The van der Waals surface area contributed by atoms with E-state index in [0.29, 0.717) is 29.7 Å². The van der Waals surface area contributed by atoms with Crippen molar-refractivity contribution in [2.75, 3.05) is 6.54 Å². The first kappa shape index (κ1) is 23.3. The van der Waals surface area contributed by atoms with Gasteiger partial charge in [-0.25, -0.2) is 14.3 Å². The van der Waals surface area contributed by atoms with Crippen molar-refractivity contribution in [3.63, 3.8) is 0 Å². The molecule has 9 nitrogen and oxygen atoms in total. The van der Waals surface area contributed by atoms with Crippen LogP contribution in [-0.2, 0) is 24.8 Å². The molecule has 0 spiro atoms. The highest BCUT2D eigenvalue weighted by molar-refractivity contribution is 5.78. The van der Waals surface area contributed by atoms with E-state index in [2.05, 4.69) is 16.2 Å². The molecule has 0 atom stereocenters. The van der Waals surface area contributed by atoms with Crippen LogP contribution >= 0.6 is 0 Å². The second-order valence-electron chi connectivity index (χ2n) is 9.93. The Hall–Kier alpha value is -4.45. The van der Waals surface area contributed by atoms with Crippen LogP contribution in [0.4, 0.5) is 4.79 Å². The predicted octanol–water partition coefficient (Wildman–Crippen LogP) is 3.93. The minimum absolute atomic E-state index is 0.0613. The molecule has 0 N–H and O–H groups in total. The Morgan fingerprint density at radius 1 is 1.06 bits per heavy atom. The summed E-state index contributed by atoms with van der Waals surface area (Å²) >= 11 is 0. The molecule has 0 radical (unpaired) electrons. The fourth-order valence-electron chi connectivity index (χ4n) is 4.46. The van der Waals surface area contributed by atoms with Gasteiger partial charge in [-0.1, -0.05) is 12.1 Å². The van der Waals surface area contributed by atoms with Gasteiger partial charge in [-0.15, -0.1) is 0 Å². The molecule has 4 heterocycles. The summed E-state index contributed by atoms with van der Waals surface area (Å²) in [6.45, 7) is 6.21. The standard InChI is InChI=1S/C27H26N6O3/c1-27(2,3)36-26(35)32-10-9-20-23(16-32)22(15-31(4)25(20)34)19-12-29-24-21(13-30-33(24)14-19)18-7-5-17(11-28)6-8-18/h5-8,12-15H,9-10,16H2,1-4H3. The Morgan fingerprint density at radius 2 is 1.81 bits per heavy atom. The molecule has 36 heavy (non-hydrogen) atoms. The van der Waals surface area contributed by atoms with Gasteiger partial charge in [0.2, 0.25) is 0 Å². The fourth-order valence-corrected chi connectivity index (χ4v) is 4.46. The number of nitrogens with zero attached hydrogens (tertiary/aromatic N) is 6. The molecule has 0 fully saturated rings. The molecule has 0 aliphatic carbocycles. The average Bonchev–Trinajstić information content (AvgIpc) is 3.28. The first-order valence-electron chi connectivity index (χ1n) is 11.7. The number of nitriles is 1. The molecule has 0 saturated carbocycles. The second kappa shape index (κ2) is 8.64. The third-order valence-electron chi connectivity index (χ3n) is 6.22. The molecule has 0 bridgehead atoms. The molecule has 5 rings (SSSR count). The van der Waals surface area contributed by atoms with Crippen LogP contribution in [0.3, 0.4) is 0 Å². The van der Waals surface area contributed by atoms with Crippen molar-refractivity contribution >= 4 is 11.7 Å². The van der Waals surface area contributed by atoms with Gasteiger partial charge in [0.05, 0.1) is 24.4 Å². The third-order valence-corrected chi connectivity index (χ3v) is 6.22. The van der Waals surface area contributed by atoms with Crippen molar-refractivity contribution < 1.29 is 9.53 Å². The predicted molar refractivity (Wildman–Crippen MR) is 134 cm³/mol. The quantitative estimate of drug-likeness (QED) is 0.429. The number of carbonyl (C=O) groups is 1. The molecule has 1 aliphatic heterocycles. The number of rotatable bonds is 2. The van der Waals surface area contributed by atoms with Gasteiger partial charge < -0.3 is 14.2 Å². The summed E-state index contributed by atoms with van der Waals surface area (Å²) in [6.07, 6.45) is 7.22. The second-order valence-corrected chi connectivity index (χ2v) is 9.93. The number of aromatic nitrogens is 4. The summed E-state index contributed by atoms with van der Waals surface area (Å²) in [5.41, 5.74) is 5.48. The number of fused-ring (bicyclic) bond motifs is 2. The van der Waals surface area contributed by atoms with Gasteiger partial charge in [0.15, 0.2) is 5.65 Å². The van der Waals surface area contributed by atoms with E-state index in [1.54, 1.807) is 51.8 Å². The number of benzene rings is 1. The fraction of sp³-hybridized carbons (Fsp3) is 0.296. The van der Waals surface area contributed by atoms with Crippen molar-refractivity contribution in [2.45, 2.75) is 39.3 Å². The Morgan fingerprint density at radius 3 is 2.50 bits per heavy atom. The lowest BCUT2D eigenvalue weighted by molar-refractivity contribution is 0.0224. The normalized spacial score (nSPS) is 13.4. The van der Waals surface area contributed by atoms with Crippen LogP contribution in [0.1, 0.15) is 37.5 Å². The zero-order chi connectivity index (χ0) is 25.6. The zero-order valence-electron chi connectivity index (χ0n) is 20.6. The Kier molecular flexibility index (Phi) is 5.59. The highest BCUT2D eigenvalue weighted by atomic mass is 16.6. The molecule has 1 aromatic carbocycles. The first-order chi connectivity index (χ1) is 17.1. The monoisotopic (exact) mass is 482 g/mol. The summed E-state index contributed by atoms with van der Waals surface area (Å²) in [7, 11) is 1.73. The lowest BCUT2D eigenvalue weighted by Crippen LogP contribution is -2.42. The molecule has 182 valence electrons. The van der Waals surface area contributed by atoms with E-state index in [1.165, 1.54) is 0 Å². The van der Waals surface area contributed by atoms with Crippen LogP contribution in [-0.4, -0.2) is 42.3 Å². The van der Waals surface area contributed by atoms with E-state index in [-0.39, 0.29) is 12.1 Å². The van der Waals surface area contributed by atoms with Crippen LogP contribution < -0.4 is 5.56 Å². The third kappa shape index (κ3) is 4.22. The number of ether oxygens (including phenoxy) is 1. The molecule has 0 unspecified atom stereocenters. The number of hydrogen-bond donors (Lipinski definition) is 0. The first-order valence-corrected chi connectivity index (χ1v) is 11.7. The van der Waals surface area contributed by atoms with Gasteiger partial charge in [0.25, 0.3) is 5.56 Å². The van der Waals surface area contributed by atoms with E-state index >= 15 is 0 Å². The maximum Gasteiger partial charge on any atom is 0.410 e. The summed E-state index contributed by atoms with van der Waals surface area (Å²) in [4.78, 5) is 32.0. The summed E-state index contributed by atoms with van der Waals surface area (Å²) < 4.78 is 8.85. The van der Waals surface area contributed by atoms with E-state index in [4.69, 9.17) is 10.00 Å². The van der Waals surface area contributed by atoms with Crippen LogP contribution in [0, 0.1) is 11.3 Å². The van der Waals surface area contributed by atoms with Crippen LogP contribution in [0.2, 0.25) is 0 Å². The summed E-state index contributed by atoms with van der Waals surface area (Å²) in [6, 6.07) is 9.40. The summed E-state index contributed by atoms with van der Waals surface area (Å²) in [5, 5.41) is 13.6. The number of amides is 1. The number of hydrogen-bond acceptors (Lipinski definition) is 6. The van der Waals surface area contributed by atoms with Gasteiger partial charge in [-0.05, 0) is 50.5 Å². The molecule has 3 aromatic heterocycles. The summed E-state index contributed by atoms with van der Waals surface area (Å²) in [5.74, 6) is 0. The highest BCUT2D eigenvalue weighted by Gasteiger charge is 2.29. The van der Waals surface area contributed by atoms with Gasteiger partial charge in [-0.3, -0.25) is 4.79 Å². The van der Waals surface area contributed by atoms with E-state index in [1.807, 2.05) is 39.1 Å². The van der Waals surface area contributed by atoms with Gasteiger partial charge in [0.1, 0.15) is 5.60 Å². The number of carbonyl (C=O) groups excluding carboxylic acids is 1. The van der Waals surface area contributed by atoms with E-state index < -0.39 is 11.7 Å². The van der Waals surface area contributed by atoms with Gasteiger partial charge in [0, 0.05) is 54.4 Å². The molecular weight excluding hydrogens is 456 g/mol. The molecule has 9 heteroatoms. The SMILES string of the molecule is Cn1cc(-c2cnc3c(-c4ccc(C#N)cc4)cnn3c2)c2c(c1=O)CCN(C(=O)OC(C)(C)C)C2. The maximum atomic E-state index is 12.9. The Labute approximate surface area is 208 Å². The zero-order valence-corrected chi connectivity index (χ0v) is 20.6. The van der Waals surface area contributed by atoms with E-state index in [9.17, 15) is 9.59 Å². The molecule has 1 amide bonds. The smallest absolute Gasteiger partial charge is 0.410 e. The van der Waals surface area contributed by atoms with Crippen molar-refractivity contribution in [2.24, 2.45) is 7.05 Å². The largest absolute Gasteiger partial charge is 0.444 e. The molecule has 1 aliphatic rings. The molecule has 0 saturated heterocycles. The minimum Gasteiger partial charge on any atom is -0.444 e. The lowest BCUT2D eigenvalue weighted by Gasteiger charge is -2.32. The highest BCUT2D eigenvalue weighted by Crippen LogP contribution is 2.31. The van der Waals surface area contributed by atoms with Gasteiger partial charge >= 0.3 is 6.09 Å². The average molecular weight is 483 g/mol. The van der Waals surface area contributed by atoms with E-state index in [0.717, 1.165) is 27.8 Å². The Bertz CT molecular complexity index is 1590. The number of aryl methyl sites for hydroxylation is 1. The molecule has 4 aromatic rings.